The second-order valence-corrected chi connectivity index (χ2v) is 8.72. The number of hydrogen-bond acceptors (Lipinski definition) is 5. The molecule has 1 fully saturated rings. The first-order valence-electron chi connectivity index (χ1n) is 9.35. The molecule has 0 atom stereocenters. The lowest BCUT2D eigenvalue weighted by atomic mass is 10.2. The molecule has 1 heterocycles. The molecule has 8 heteroatoms. The van der Waals surface area contributed by atoms with Crippen LogP contribution in [0.25, 0.3) is 0 Å². The van der Waals surface area contributed by atoms with Crippen molar-refractivity contribution < 1.29 is 13.2 Å². The fourth-order valence-electron chi connectivity index (χ4n) is 3.07. The second kappa shape index (κ2) is 7.97. The molecule has 7 nitrogen and oxygen atoms in total. The molecule has 0 bridgehead atoms. The zero-order valence-corrected chi connectivity index (χ0v) is 16.7. The van der Waals surface area contributed by atoms with Gasteiger partial charge < -0.3 is 5.32 Å². The molecule has 0 spiro atoms. The molecule has 1 aliphatic carbocycles. The minimum atomic E-state index is -3.78. The van der Waals surface area contributed by atoms with E-state index in [4.69, 9.17) is 5.26 Å². The topological polar surface area (TPSA) is 103 Å². The average molecular weight is 418 g/mol. The van der Waals surface area contributed by atoms with E-state index in [-0.39, 0.29) is 16.8 Å². The molecule has 0 aliphatic heterocycles. The number of pyridine rings is 1. The van der Waals surface area contributed by atoms with Gasteiger partial charge in [0.15, 0.2) is 0 Å². The van der Waals surface area contributed by atoms with Gasteiger partial charge in [0.25, 0.3) is 15.9 Å². The predicted octanol–water partition coefficient (Wildman–Crippen LogP) is 3.56. The maximum Gasteiger partial charge on any atom is 0.264 e. The standard InChI is InChI=1S/C22H18N4O3S/c23-15-16-1-5-19(6-2-16)26(20-7-8-20)30(28,29)21-9-3-18(4-10-21)25-22(27)17-11-13-24-14-12-17/h1-6,9-14,20H,7-8H2,(H,25,27). The van der Waals surface area contributed by atoms with Crippen LogP contribution in [0.2, 0.25) is 0 Å². The third-order valence-corrected chi connectivity index (χ3v) is 6.64. The van der Waals surface area contributed by atoms with Crippen LogP contribution in [-0.4, -0.2) is 25.4 Å². The van der Waals surface area contributed by atoms with Crippen LogP contribution in [0.15, 0.2) is 78.0 Å². The van der Waals surface area contributed by atoms with Crippen LogP contribution >= 0.6 is 0 Å². The largest absolute Gasteiger partial charge is 0.322 e. The summed E-state index contributed by atoms with van der Waals surface area (Å²) in [5.74, 6) is -0.301. The summed E-state index contributed by atoms with van der Waals surface area (Å²) in [6, 6.07) is 17.8. The summed E-state index contributed by atoms with van der Waals surface area (Å²) in [4.78, 5) is 16.3. The number of nitrogens with zero attached hydrogens (tertiary/aromatic N) is 3. The van der Waals surface area contributed by atoms with E-state index in [1.165, 1.54) is 28.8 Å². The Morgan fingerprint density at radius 1 is 1.00 bits per heavy atom. The van der Waals surface area contributed by atoms with Gasteiger partial charge in [-0.05, 0) is 73.5 Å². The molecule has 1 amide bonds. The van der Waals surface area contributed by atoms with E-state index in [1.54, 1.807) is 48.5 Å². The van der Waals surface area contributed by atoms with Crippen molar-refractivity contribution >= 4 is 27.3 Å². The van der Waals surface area contributed by atoms with E-state index in [9.17, 15) is 13.2 Å². The molecule has 2 aromatic carbocycles. The average Bonchev–Trinajstić information content (AvgIpc) is 3.60. The van der Waals surface area contributed by atoms with Gasteiger partial charge in [-0.25, -0.2) is 8.42 Å². The molecule has 1 aromatic heterocycles. The summed E-state index contributed by atoms with van der Waals surface area (Å²) in [5, 5.41) is 11.7. The first-order valence-corrected chi connectivity index (χ1v) is 10.8. The Morgan fingerprint density at radius 3 is 2.20 bits per heavy atom. The fourth-order valence-corrected chi connectivity index (χ4v) is 4.78. The highest BCUT2D eigenvalue weighted by molar-refractivity contribution is 7.92. The smallest absolute Gasteiger partial charge is 0.264 e. The highest BCUT2D eigenvalue weighted by atomic mass is 32.2. The van der Waals surface area contributed by atoms with Crippen molar-refractivity contribution in [1.82, 2.24) is 4.98 Å². The van der Waals surface area contributed by atoms with Crippen molar-refractivity contribution in [3.63, 3.8) is 0 Å². The van der Waals surface area contributed by atoms with Gasteiger partial charge >= 0.3 is 0 Å². The number of aromatic nitrogens is 1. The molecular weight excluding hydrogens is 400 g/mol. The highest BCUT2D eigenvalue weighted by Gasteiger charge is 2.38. The number of hydrogen-bond donors (Lipinski definition) is 1. The van der Waals surface area contributed by atoms with E-state index >= 15 is 0 Å². The number of carbonyl (C=O) groups is 1. The summed E-state index contributed by atoms with van der Waals surface area (Å²) in [6.45, 7) is 0. The van der Waals surface area contributed by atoms with Crippen LogP contribution in [-0.2, 0) is 10.0 Å². The molecule has 0 unspecified atom stereocenters. The first-order chi connectivity index (χ1) is 14.5. The number of sulfonamides is 1. The quantitative estimate of drug-likeness (QED) is 0.659. The van der Waals surface area contributed by atoms with Crippen LogP contribution in [0.5, 0.6) is 0 Å². The number of benzene rings is 2. The van der Waals surface area contributed by atoms with E-state index in [0.717, 1.165) is 12.8 Å². The van der Waals surface area contributed by atoms with Crippen LogP contribution in [0, 0.1) is 11.3 Å². The second-order valence-electron chi connectivity index (χ2n) is 6.91. The Bertz CT molecular complexity index is 1200. The summed E-state index contributed by atoms with van der Waals surface area (Å²) in [6.07, 6.45) is 4.64. The van der Waals surface area contributed by atoms with Crippen molar-refractivity contribution in [3.8, 4) is 6.07 Å². The van der Waals surface area contributed by atoms with E-state index < -0.39 is 10.0 Å². The van der Waals surface area contributed by atoms with Crippen molar-refractivity contribution in [2.24, 2.45) is 0 Å². The van der Waals surface area contributed by atoms with Crippen molar-refractivity contribution in [3.05, 3.63) is 84.2 Å². The maximum atomic E-state index is 13.3. The molecule has 1 saturated carbocycles. The third kappa shape index (κ3) is 4.02. The number of carbonyl (C=O) groups excluding carboxylic acids is 1. The molecule has 3 aromatic rings. The number of rotatable bonds is 6. The van der Waals surface area contributed by atoms with E-state index in [2.05, 4.69) is 10.3 Å². The van der Waals surface area contributed by atoms with E-state index in [1.807, 2.05) is 6.07 Å². The van der Waals surface area contributed by atoms with Gasteiger partial charge in [0, 0.05) is 29.7 Å². The number of nitrogens with one attached hydrogen (secondary N) is 1. The van der Waals surface area contributed by atoms with Gasteiger partial charge in [0.2, 0.25) is 0 Å². The number of anilines is 2. The number of amides is 1. The molecule has 4 rings (SSSR count). The summed E-state index contributed by atoms with van der Waals surface area (Å²) in [5.41, 5.74) is 1.96. The van der Waals surface area contributed by atoms with Crippen LogP contribution in [0.1, 0.15) is 28.8 Å². The Hall–Kier alpha value is -3.70. The zero-order chi connectivity index (χ0) is 21.1. The summed E-state index contributed by atoms with van der Waals surface area (Å²) >= 11 is 0. The molecule has 1 aliphatic rings. The summed E-state index contributed by atoms with van der Waals surface area (Å²) < 4.78 is 28.0. The molecule has 0 saturated heterocycles. The monoisotopic (exact) mass is 418 g/mol. The van der Waals surface area contributed by atoms with Gasteiger partial charge in [-0.2, -0.15) is 5.26 Å². The fraction of sp³-hybridized carbons (Fsp3) is 0.136. The molecular formula is C22H18N4O3S. The summed E-state index contributed by atoms with van der Waals surface area (Å²) in [7, 11) is -3.78. The Kier molecular flexibility index (Phi) is 5.21. The van der Waals surface area contributed by atoms with Gasteiger partial charge in [-0.3, -0.25) is 14.1 Å². The minimum Gasteiger partial charge on any atom is -0.322 e. The highest BCUT2D eigenvalue weighted by Crippen LogP contribution is 2.36. The van der Waals surface area contributed by atoms with Crippen LogP contribution in [0.4, 0.5) is 11.4 Å². The Balaban J connectivity index is 1.57. The van der Waals surface area contributed by atoms with Crippen LogP contribution < -0.4 is 9.62 Å². The molecule has 1 N–H and O–H groups in total. The first kappa shape index (κ1) is 19.6. The normalized spacial score (nSPS) is 13.3. The number of nitriles is 1. The van der Waals surface area contributed by atoms with Gasteiger partial charge in [-0.1, -0.05) is 0 Å². The Morgan fingerprint density at radius 2 is 1.63 bits per heavy atom. The van der Waals surface area contributed by atoms with Crippen molar-refractivity contribution in [2.45, 2.75) is 23.8 Å². The van der Waals surface area contributed by atoms with Crippen molar-refractivity contribution in [1.29, 1.82) is 5.26 Å². The van der Waals surface area contributed by atoms with Crippen LogP contribution in [0.3, 0.4) is 0 Å². The Labute approximate surface area is 174 Å². The predicted molar refractivity (Wildman–Crippen MR) is 112 cm³/mol. The lowest BCUT2D eigenvalue weighted by Gasteiger charge is -2.24. The zero-order valence-electron chi connectivity index (χ0n) is 15.9. The molecule has 0 radical (unpaired) electrons. The van der Waals surface area contributed by atoms with Gasteiger partial charge in [0.05, 0.1) is 22.2 Å². The molecule has 30 heavy (non-hydrogen) atoms. The van der Waals surface area contributed by atoms with Crippen molar-refractivity contribution in [2.75, 3.05) is 9.62 Å². The van der Waals surface area contributed by atoms with E-state index in [0.29, 0.717) is 22.5 Å². The van der Waals surface area contributed by atoms with Gasteiger partial charge in [0.1, 0.15) is 0 Å². The third-order valence-electron chi connectivity index (χ3n) is 4.74. The maximum absolute atomic E-state index is 13.3. The minimum absolute atomic E-state index is 0.0889. The van der Waals surface area contributed by atoms with Gasteiger partial charge in [-0.15, -0.1) is 0 Å². The molecule has 150 valence electrons. The lowest BCUT2D eigenvalue weighted by molar-refractivity contribution is 0.102. The lowest BCUT2D eigenvalue weighted by Crippen LogP contribution is -2.33. The SMILES string of the molecule is N#Cc1ccc(N(C2CC2)S(=O)(=O)c2ccc(NC(=O)c3ccncc3)cc2)cc1.